The van der Waals surface area contributed by atoms with Gasteiger partial charge in [-0.25, -0.2) is 0 Å². The van der Waals surface area contributed by atoms with Gasteiger partial charge >= 0.3 is 0 Å². The fourth-order valence-electron chi connectivity index (χ4n) is 2.95. The first-order valence-corrected chi connectivity index (χ1v) is 8.75. The number of aliphatic hydroxyl groups excluding tert-OH is 1. The molecule has 0 aliphatic rings. The largest absolute Gasteiger partial charge is 0.484 e. The van der Waals surface area contributed by atoms with E-state index in [0.29, 0.717) is 18.7 Å². The molecular weight excluding hydrogens is 326 g/mol. The number of ether oxygens (including phenoxy) is 1. The van der Waals surface area contributed by atoms with Gasteiger partial charge in [-0.2, -0.15) is 0 Å². The first-order chi connectivity index (χ1) is 12.6. The first-order valence-electron chi connectivity index (χ1n) is 8.75. The van der Waals surface area contributed by atoms with Crippen molar-refractivity contribution in [3.8, 4) is 5.75 Å². The third-order valence-electron chi connectivity index (χ3n) is 4.28. The summed E-state index contributed by atoms with van der Waals surface area (Å²) in [5, 5.41) is 15.4. The number of carbonyl (C=O) groups is 1. The molecule has 3 rings (SSSR count). The van der Waals surface area contributed by atoms with Crippen LogP contribution in [-0.2, 0) is 4.79 Å². The van der Waals surface area contributed by atoms with Gasteiger partial charge in [0.05, 0.1) is 6.10 Å². The van der Waals surface area contributed by atoms with E-state index in [1.807, 2.05) is 73.7 Å². The number of hydrogen-bond acceptors (Lipinski definition) is 3. The third-order valence-corrected chi connectivity index (χ3v) is 4.28. The molecule has 0 fully saturated rings. The lowest BCUT2D eigenvalue weighted by atomic mass is 9.99. The molecular formula is C22H23NO3. The number of nitrogens with one attached hydrogen (secondary N) is 1. The Kier molecular flexibility index (Phi) is 5.87. The van der Waals surface area contributed by atoms with Crippen LogP contribution in [0.1, 0.15) is 23.7 Å². The van der Waals surface area contributed by atoms with Gasteiger partial charge in [0.1, 0.15) is 5.75 Å². The van der Waals surface area contributed by atoms with E-state index in [1.54, 1.807) is 0 Å². The molecule has 1 amide bonds. The van der Waals surface area contributed by atoms with Gasteiger partial charge in [0.25, 0.3) is 5.91 Å². The molecule has 0 spiro atoms. The average molecular weight is 349 g/mol. The smallest absolute Gasteiger partial charge is 0.257 e. The second-order valence-electron chi connectivity index (χ2n) is 6.33. The molecule has 0 aliphatic carbocycles. The Morgan fingerprint density at radius 1 is 1.08 bits per heavy atom. The summed E-state index contributed by atoms with van der Waals surface area (Å²) in [7, 11) is 0. The molecule has 0 aliphatic heterocycles. The number of aliphatic hydroxyl groups is 1. The molecule has 4 heteroatoms. The fourth-order valence-corrected chi connectivity index (χ4v) is 2.95. The molecule has 0 radical (unpaired) electrons. The maximum atomic E-state index is 11.9. The molecule has 0 aromatic heterocycles. The summed E-state index contributed by atoms with van der Waals surface area (Å²) in [5.74, 6) is 0.479. The zero-order valence-electron chi connectivity index (χ0n) is 14.8. The van der Waals surface area contributed by atoms with Crippen LogP contribution in [0.5, 0.6) is 5.75 Å². The first kappa shape index (κ1) is 18.0. The van der Waals surface area contributed by atoms with Gasteiger partial charge in [0, 0.05) is 6.54 Å². The molecule has 3 aromatic rings. The van der Waals surface area contributed by atoms with Crippen molar-refractivity contribution in [2.75, 3.05) is 13.2 Å². The van der Waals surface area contributed by atoms with Crippen molar-refractivity contribution in [3.05, 3.63) is 77.9 Å². The summed E-state index contributed by atoms with van der Waals surface area (Å²) in [6, 6.07) is 21.4. The molecule has 134 valence electrons. The topological polar surface area (TPSA) is 58.6 Å². The standard InChI is InChI=1S/C22H23NO3/c1-16-6-4-9-18(14-16)26-15-22(25)23-13-12-21(24)20-11-5-8-17-7-2-3-10-19(17)20/h2-11,14,21,24H,12-13,15H2,1H3,(H,23,25). The minimum Gasteiger partial charge on any atom is -0.484 e. The number of hydrogen-bond donors (Lipinski definition) is 2. The van der Waals surface area contributed by atoms with Gasteiger partial charge in [0.15, 0.2) is 6.61 Å². The molecule has 1 atom stereocenters. The number of aryl methyl sites for hydroxylation is 1. The molecule has 1 unspecified atom stereocenters. The van der Waals surface area contributed by atoms with Gasteiger partial charge < -0.3 is 15.2 Å². The lowest BCUT2D eigenvalue weighted by Crippen LogP contribution is -2.30. The Balaban J connectivity index is 1.48. The van der Waals surface area contributed by atoms with Crippen LogP contribution in [0.25, 0.3) is 10.8 Å². The normalized spacial score (nSPS) is 11.9. The van der Waals surface area contributed by atoms with E-state index in [4.69, 9.17) is 4.74 Å². The average Bonchev–Trinajstić information content (AvgIpc) is 2.66. The maximum Gasteiger partial charge on any atom is 0.257 e. The second-order valence-corrected chi connectivity index (χ2v) is 6.33. The lowest BCUT2D eigenvalue weighted by Gasteiger charge is -2.14. The van der Waals surface area contributed by atoms with Gasteiger partial charge in [0.2, 0.25) is 0 Å². The van der Waals surface area contributed by atoms with E-state index in [9.17, 15) is 9.90 Å². The highest BCUT2D eigenvalue weighted by atomic mass is 16.5. The zero-order chi connectivity index (χ0) is 18.4. The number of fused-ring (bicyclic) bond motifs is 1. The van der Waals surface area contributed by atoms with Gasteiger partial charge in [-0.15, -0.1) is 0 Å². The predicted molar refractivity (Wildman–Crippen MR) is 103 cm³/mol. The van der Waals surface area contributed by atoms with E-state index in [0.717, 1.165) is 21.9 Å². The van der Waals surface area contributed by atoms with Crippen LogP contribution in [0.3, 0.4) is 0 Å². The highest BCUT2D eigenvalue weighted by Gasteiger charge is 2.11. The molecule has 3 aromatic carbocycles. The summed E-state index contributed by atoms with van der Waals surface area (Å²) in [6.45, 7) is 2.33. The number of rotatable bonds is 7. The van der Waals surface area contributed by atoms with E-state index in [1.165, 1.54) is 0 Å². The van der Waals surface area contributed by atoms with Crippen LogP contribution >= 0.6 is 0 Å². The van der Waals surface area contributed by atoms with Crippen molar-refractivity contribution >= 4 is 16.7 Å². The minimum absolute atomic E-state index is 0.0339. The van der Waals surface area contributed by atoms with Crippen LogP contribution < -0.4 is 10.1 Å². The van der Waals surface area contributed by atoms with Gasteiger partial charge in [-0.1, -0.05) is 54.6 Å². The van der Waals surface area contributed by atoms with Gasteiger partial charge in [-0.05, 0) is 47.4 Å². The van der Waals surface area contributed by atoms with Crippen LogP contribution in [0.4, 0.5) is 0 Å². The molecule has 0 heterocycles. The number of carbonyl (C=O) groups excluding carboxylic acids is 1. The van der Waals surface area contributed by atoms with E-state index < -0.39 is 6.10 Å². The van der Waals surface area contributed by atoms with Crippen LogP contribution in [0, 0.1) is 6.92 Å². The second kappa shape index (κ2) is 8.50. The number of amides is 1. The van der Waals surface area contributed by atoms with Crippen molar-refractivity contribution in [1.29, 1.82) is 0 Å². The van der Waals surface area contributed by atoms with E-state index >= 15 is 0 Å². The van der Waals surface area contributed by atoms with Crippen LogP contribution in [0.15, 0.2) is 66.7 Å². The molecule has 0 bridgehead atoms. The summed E-state index contributed by atoms with van der Waals surface area (Å²) in [4.78, 5) is 11.9. The van der Waals surface area contributed by atoms with Crippen molar-refractivity contribution < 1.29 is 14.6 Å². The van der Waals surface area contributed by atoms with Crippen LogP contribution in [-0.4, -0.2) is 24.2 Å². The Hall–Kier alpha value is -2.85. The Morgan fingerprint density at radius 2 is 1.85 bits per heavy atom. The summed E-state index contributed by atoms with van der Waals surface area (Å²) in [5.41, 5.74) is 1.97. The molecule has 0 saturated carbocycles. The predicted octanol–water partition coefficient (Wildman–Crippen LogP) is 3.77. The third kappa shape index (κ3) is 4.61. The molecule has 26 heavy (non-hydrogen) atoms. The van der Waals surface area contributed by atoms with Crippen molar-refractivity contribution in [2.24, 2.45) is 0 Å². The Morgan fingerprint density at radius 3 is 2.69 bits per heavy atom. The highest BCUT2D eigenvalue weighted by Crippen LogP contribution is 2.25. The molecule has 0 saturated heterocycles. The summed E-state index contributed by atoms with van der Waals surface area (Å²) in [6.07, 6.45) is -0.177. The van der Waals surface area contributed by atoms with Crippen molar-refractivity contribution in [1.82, 2.24) is 5.32 Å². The van der Waals surface area contributed by atoms with E-state index in [-0.39, 0.29) is 12.5 Å². The Bertz CT molecular complexity index is 886. The van der Waals surface area contributed by atoms with E-state index in [2.05, 4.69) is 5.32 Å². The van der Waals surface area contributed by atoms with Crippen molar-refractivity contribution in [3.63, 3.8) is 0 Å². The maximum absolute atomic E-state index is 11.9. The fraction of sp³-hybridized carbons (Fsp3) is 0.227. The van der Waals surface area contributed by atoms with Crippen molar-refractivity contribution in [2.45, 2.75) is 19.4 Å². The molecule has 2 N–H and O–H groups in total. The summed E-state index contributed by atoms with van der Waals surface area (Å²) < 4.78 is 5.47. The monoisotopic (exact) mass is 349 g/mol. The number of benzene rings is 3. The Labute approximate surface area is 153 Å². The quantitative estimate of drug-likeness (QED) is 0.683. The lowest BCUT2D eigenvalue weighted by molar-refractivity contribution is -0.123. The molecule has 4 nitrogen and oxygen atoms in total. The SMILES string of the molecule is Cc1cccc(OCC(=O)NCCC(O)c2cccc3ccccc23)c1. The summed E-state index contributed by atoms with van der Waals surface area (Å²) >= 11 is 0. The zero-order valence-corrected chi connectivity index (χ0v) is 14.8. The minimum atomic E-state index is -0.626. The van der Waals surface area contributed by atoms with Crippen LogP contribution in [0.2, 0.25) is 0 Å². The highest BCUT2D eigenvalue weighted by molar-refractivity contribution is 5.86. The van der Waals surface area contributed by atoms with Gasteiger partial charge in [-0.3, -0.25) is 4.79 Å².